The predicted molar refractivity (Wildman–Crippen MR) is 101 cm³/mol. The first-order chi connectivity index (χ1) is 11.9. The van der Waals surface area contributed by atoms with Gasteiger partial charge < -0.3 is 8.83 Å². The molecule has 2 aromatic heterocycles. The monoisotopic (exact) mass is 392 g/mol. The minimum atomic E-state index is -1.75. The van der Waals surface area contributed by atoms with Crippen LogP contribution < -0.4 is 0 Å². The van der Waals surface area contributed by atoms with Crippen LogP contribution in [0.1, 0.15) is 24.5 Å². The zero-order valence-electron chi connectivity index (χ0n) is 13.0. The van der Waals surface area contributed by atoms with Gasteiger partial charge in [0.15, 0.2) is 0 Å². The van der Waals surface area contributed by atoms with Crippen molar-refractivity contribution in [2.75, 3.05) is 0 Å². The Morgan fingerprint density at radius 2 is 1.80 bits per heavy atom. The molecule has 4 aromatic rings. The van der Waals surface area contributed by atoms with Crippen molar-refractivity contribution in [2.45, 2.75) is 10.7 Å². The van der Waals surface area contributed by atoms with Crippen LogP contribution in [-0.2, 0) is 3.79 Å². The number of hydrogen-bond acceptors (Lipinski definition) is 4. The van der Waals surface area contributed by atoms with Crippen molar-refractivity contribution < 1.29 is 8.83 Å². The summed E-state index contributed by atoms with van der Waals surface area (Å²) in [5, 5.41) is 11.0. The Kier molecular flexibility index (Phi) is 3.99. The van der Waals surface area contributed by atoms with Gasteiger partial charge in [0.05, 0.1) is 0 Å². The summed E-state index contributed by atoms with van der Waals surface area (Å²) in [7, 11) is 0. The molecule has 0 radical (unpaired) electrons. The fraction of sp³-hybridized carbons (Fsp3) is 0.111. The minimum Gasteiger partial charge on any atom is -0.457 e. The maximum Gasteiger partial charge on any atom is 0.268 e. The second-order valence-electron chi connectivity index (χ2n) is 5.58. The quantitative estimate of drug-likeness (QED) is 0.372. The molecule has 0 unspecified atom stereocenters. The number of hydrogen-bond donors (Lipinski definition) is 0. The lowest BCUT2D eigenvalue weighted by molar-refractivity contribution is 0.489. The van der Waals surface area contributed by atoms with Crippen LogP contribution in [-0.4, -0.2) is 10.2 Å². The SMILES string of the molecule is CC(=Cc1cc2c(ccc3ccccc32)o1)c1nnc(C(Cl)(Cl)Cl)o1. The normalized spacial score (nSPS) is 13.0. The Morgan fingerprint density at radius 3 is 2.56 bits per heavy atom. The molecule has 0 spiro atoms. The lowest BCUT2D eigenvalue weighted by atomic mass is 10.1. The molecule has 0 saturated heterocycles. The first-order valence-corrected chi connectivity index (χ1v) is 8.56. The van der Waals surface area contributed by atoms with E-state index in [4.69, 9.17) is 43.6 Å². The number of rotatable bonds is 2. The van der Waals surface area contributed by atoms with Gasteiger partial charge >= 0.3 is 0 Å². The number of allylic oxidation sites excluding steroid dienone is 1. The zero-order chi connectivity index (χ0) is 17.6. The van der Waals surface area contributed by atoms with Crippen molar-refractivity contribution in [3.63, 3.8) is 0 Å². The van der Waals surface area contributed by atoms with Crippen molar-refractivity contribution in [3.05, 3.63) is 60.0 Å². The van der Waals surface area contributed by atoms with Gasteiger partial charge in [0.25, 0.3) is 9.68 Å². The highest BCUT2D eigenvalue weighted by atomic mass is 35.6. The third-order valence-corrected chi connectivity index (χ3v) is 4.29. The number of fused-ring (bicyclic) bond motifs is 3. The standard InChI is InChI=1S/C18H11Cl3N2O2/c1-10(16-22-23-17(25-16)18(19,20)21)8-12-9-14-13-5-3-2-4-11(13)6-7-15(14)24-12/h2-9H,1H3. The maximum atomic E-state index is 5.90. The van der Waals surface area contributed by atoms with Crippen molar-refractivity contribution in [1.29, 1.82) is 0 Å². The molecule has 0 N–H and O–H groups in total. The lowest BCUT2D eigenvalue weighted by Crippen LogP contribution is -1.99. The summed E-state index contributed by atoms with van der Waals surface area (Å²) in [6.45, 7) is 1.82. The number of aromatic nitrogens is 2. The van der Waals surface area contributed by atoms with Gasteiger partial charge in [-0.05, 0) is 35.9 Å². The molecule has 0 aliphatic carbocycles. The molecular weight excluding hydrogens is 383 g/mol. The summed E-state index contributed by atoms with van der Waals surface area (Å²) in [5.74, 6) is 0.875. The number of halogens is 3. The number of nitrogens with zero attached hydrogens (tertiary/aromatic N) is 2. The van der Waals surface area contributed by atoms with Gasteiger partial charge in [-0.1, -0.05) is 65.1 Å². The van der Waals surface area contributed by atoms with E-state index in [2.05, 4.69) is 22.3 Å². The lowest BCUT2D eigenvalue weighted by Gasteiger charge is -2.02. The molecule has 0 fully saturated rings. The predicted octanol–water partition coefficient (Wildman–Crippen LogP) is 6.36. The molecule has 7 heteroatoms. The Hall–Kier alpha value is -2.01. The number of alkyl halides is 3. The number of furan rings is 1. The molecule has 0 amide bonds. The highest BCUT2D eigenvalue weighted by Crippen LogP contribution is 2.38. The van der Waals surface area contributed by atoms with Gasteiger partial charge in [-0.25, -0.2) is 0 Å². The van der Waals surface area contributed by atoms with Crippen LogP contribution in [0.25, 0.3) is 33.4 Å². The van der Waals surface area contributed by atoms with Gasteiger partial charge in [-0.15, -0.1) is 10.2 Å². The Balaban J connectivity index is 1.75. The van der Waals surface area contributed by atoms with Crippen LogP contribution in [0.5, 0.6) is 0 Å². The largest absolute Gasteiger partial charge is 0.457 e. The van der Waals surface area contributed by atoms with E-state index in [1.807, 2.05) is 43.3 Å². The maximum absolute atomic E-state index is 5.90. The van der Waals surface area contributed by atoms with E-state index in [0.717, 1.165) is 21.7 Å². The molecule has 4 nitrogen and oxygen atoms in total. The summed E-state index contributed by atoms with van der Waals surface area (Å²) >= 11 is 17.2. The van der Waals surface area contributed by atoms with E-state index in [-0.39, 0.29) is 11.8 Å². The van der Waals surface area contributed by atoms with Crippen LogP contribution in [0, 0.1) is 0 Å². The summed E-state index contributed by atoms with van der Waals surface area (Å²) in [6, 6.07) is 14.1. The Bertz CT molecular complexity index is 1110. The molecule has 0 aliphatic rings. The first kappa shape index (κ1) is 16.5. The highest BCUT2D eigenvalue weighted by Gasteiger charge is 2.30. The summed E-state index contributed by atoms with van der Waals surface area (Å²) in [5.41, 5.74) is 1.52. The molecule has 2 heterocycles. The molecule has 0 saturated carbocycles. The van der Waals surface area contributed by atoms with E-state index < -0.39 is 3.79 Å². The van der Waals surface area contributed by atoms with E-state index in [0.29, 0.717) is 11.3 Å². The molecule has 126 valence electrons. The van der Waals surface area contributed by atoms with Gasteiger partial charge in [0, 0.05) is 11.0 Å². The van der Waals surface area contributed by atoms with E-state index in [9.17, 15) is 0 Å². The molecule has 4 rings (SSSR count). The average molecular weight is 394 g/mol. The van der Waals surface area contributed by atoms with E-state index in [1.54, 1.807) is 0 Å². The molecule has 0 bridgehead atoms. The fourth-order valence-corrected chi connectivity index (χ4v) is 2.88. The fourth-order valence-electron chi connectivity index (χ4n) is 2.66. The summed E-state index contributed by atoms with van der Waals surface area (Å²) < 4.78 is 9.55. The molecule has 0 atom stereocenters. The van der Waals surface area contributed by atoms with Crippen molar-refractivity contribution in [2.24, 2.45) is 0 Å². The van der Waals surface area contributed by atoms with Crippen LogP contribution in [0.2, 0.25) is 0 Å². The second-order valence-corrected chi connectivity index (χ2v) is 7.87. The molecular formula is C18H11Cl3N2O2. The summed E-state index contributed by atoms with van der Waals surface area (Å²) in [4.78, 5) is 0. The van der Waals surface area contributed by atoms with E-state index in [1.165, 1.54) is 0 Å². The third-order valence-electron chi connectivity index (χ3n) is 3.81. The topological polar surface area (TPSA) is 52.1 Å². The van der Waals surface area contributed by atoms with Crippen molar-refractivity contribution >= 4 is 68.2 Å². The molecule has 2 aromatic carbocycles. The smallest absolute Gasteiger partial charge is 0.268 e. The van der Waals surface area contributed by atoms with Crippen LogP contribution in [0.15, 0.2) is 51.3 Å². The first-order valence-electron chi connectivity index (χ1n) is 7.42. The van der Waals surface area contributed by atoms with Crippen LogP contribution >= 0.6 is 34.8 Å². The molecule has 25 heavy (non-hydrogen) atoms. The minimum absolute atomic E-state index is 0.0733. The Morgan fingerprint density at radius 1 is 1.00 bits per heavy atom. The van der Waals surface area contributed by atoms with Gasteiger partial charge in [-0.2, -0.15) is 0 Å². The van der Waals surface area contributed by atoms with Crippen molar-refractivity contribution in [3.8, 4) is 0 Å². The molecule has 0 aliphatic heterocycles. The zero-order valence-corrected chi connectivity index (χ0v) is 15.2. The average Bonchev–Trinajstić information content (AvgIpc) is 3.21. The second kappa shape index (κ2) is 6.06. The van der Waals surface area contributed by atoms with E-state index >= 15 is 0 Å². The third kappa shape index (κ3) is 3.13. The van der Waals surface area contributed by atoms with Gasteiger partial charge in [0.2, 0.25) is 5.89 Å². The van der Waals surface area contributed by atoms with Gasteiger partial charge in [0.1, 0.15) is 11.3 Å². The Labute approximate surface area is 158 Å². The van der Waals surface area contributed by atoms with Crippen LogP contribution in [0.3, 0.4) is 0 Å². The van der Waals surface area contributed by atoms with Crippen molar-refractivity contribution in [1.82, 2.24) is 10.2 Å². The number of benzene rings is 2. The van der Waals surface area contributed by atoms with Gasteiger partial charge in [-0.3, -0.25) is 0 Å². The summed E-state index contributed by atoms with van der Waals surface area (Å²) in [6.07, 6.45) is 1.81. The highest BCUT2D eigenvalue weighted by molar-refractivity contribution is 6.66. The van der Waals surface area contributed by atoms with Crippen LogP contribution in [0.4, 0.5) is 0 Å².